The summed E-state index contributed by atoms with van der Waals surface area (Å²) in [5.41, 5.74) is -0.364. The lowest BCUT2D eigenvalue weighted by atomic mass is 9.96. The third-order valence-electron chi connectivity index (χ3n) is 2.53. The molecule has 0 spiro atoms. The number of carbonyl (C=O) groups excluding carboxylic acids is 1. The first kappa shape index (κ1) is 11.1. The summed E-state index contributed by atoms with van der Waals surface area (Å²) >= 11 is 0. The molecule has 0 aliphatic carbocycles. The fourth-order valence-electron chi connectivity index (χ4n) is 1.83. The lowest BCUT2D eigenvalue weighted by Gasteiger charge is -2.22. The molecule has 1 heterocycles. The van der Waals surface area contributed by atoms with Gasteiger partial charge >= 0.3 is 6.09 Å². The van der Waals surface area contributed by atoms with E-state index < -0.39 is 0 Å². The minimum atomic E-state index is -0.364. The van der Waals surface area contributed by atoms with Crippen LogP contribution in [0.1, 0.15) is 33.1 Å². The fourth-order valence-corrected chi connectivity index (χ4v) is 1.83. The van der Waals surface area contributed by atoms with Crippen molar-refractivity contribution in [3.8, 4) is 0 Å². The van der Waals surface area contributed by atoms with Crippen LogP contribution >= 0.6 is 0 Å². The Kier molecular flexibility index (Phi) is 3.55. The van der Waals surface area contributed by atoms with Crippen LogP contribution in [0.4, 0.5) is 4.79 Å². The summed E-state index contributed by atoms with van der Waals surface area (Å²) in [6.45, 7) is 4.78. The molecule has 1 rings (SSSR count). The van der Waals surface area contributed by atoms with E-state index in [-0.39, 0.29) is 11.7 Å². The molecular formula is C11H19NO2. The molecule has 1 amide bonds. The zero-order chi connectivity index (χ0) is 10.6. The first-order valence-electron chi connectivity index (χ1n) is 5.21. The number of cyclic esters (lactones) is 1. The molecule has 1 unspecified atom stereocenters. The molecule has 1 aliphatic rings. The Balaban J connectivity index is 2.69. The van der Waals surface area contributed by atoms with Crippen LogP contribution in [0, 0.1) is 0 Å². The summed E-state index contributed by atoms with van der Waals surface area (Å²) in [5, 5.41) is 0. The second-order valence-electron chi connectivity index (χ2n) is 3.89. The number of nitrogens with zero attached hydrogens (tertiary/aromatic N) is 1. The Labute approximate surface area is 85.7 Å². The summed E-state index contributed by atoms with van der Waals surface area (Å²) in [7, 11) is 1.78. The summed E-state index contributed by atoms with van der Waals surface area (Å²) in [6.07, 6.45) is 6.89. The van der Waals surface area contributed by atoms with Gasteiger partial charge in [0.15, 0.2) is 0 Å². The summed E-state index contributed by atoms with van der Waals surface area (Å²) in [4.78, 5) is 12.9. The predicted octanol–water partition coefficient (Wildman–Crippen LogP) is 2.57. The monoisotopic (exact) mass is 197 g/mol. The minimum absolute atomic E-state index is 0.209. The lowest BCUT2D eigenvalue weighted by molar-refractivity contribution is 0.0847. The van der Waals surface area contributed by atoms with E-state index in [4.69, 9.17) is 4.74 Å². The highest BCUT2D eigenvalue weighted by atomic mass is 16.6. The number of carbonyl (C=O) groups is 1. The van der Waals surface area contributed by atoms with Gasteiger partial charge in [-0.3, -0.25) is 0 Å². The van der Waals surface area contributed by atoms with Gasteiger partial charge in [0.1, 0.15) is 5.60 Å². The van der Waals surface area contributed by atoms with Crippen LogP contribution in [0.15, 0.2) is 12.2 Å². The molecule has 0 N–H and O–H groups in total. The largest absolute Gasteiger partial charge is 0.437 e. The number of amides is 1. The van der Waals surface area contributed by atoms with Crippen molar-refractivity contribution in [2.45, 2.75) is 38.7 Å². The van der Waals surface area contributed by atoms with Gasteiger partial charge in [-0.25, -0.2) is 4.79 Å². The van der Waals surface area contributed by atoms with Gasteiger partial charge in [0.2, 0.25) is 0 Å². The number of allylic oxidation sites excluding steroid dienone is 1. The van der Waals surface area contributed by atoms with Crippen molar-refractivity contribution in [2.75, 3.05) is 13.6 Å². The Morgan fingerprint density at radius 3 is 2.79 bits per heavy atom. The van der Waals surface area contributed by atoms with E-state index in [2.05, 4.69) is 6.92 Å². The number of unbranched alkanes of at least 4 members (excludes halogenated alkanes) is 1. The number of ether oxygens (including phenoxy) is 1. The zero-order valence-electron chi connectivity index (χ0n) is 9.25. The average Bonchev–Trinajstić information content (AvgIpc) is 2.41. The third-order valence-corrected chi connectivity index (χ3v) is 2.53. The van der Waals surface area contributed by atoms with Gasteiger partial charge in [0.05, 0.1) is 6.54 Å². The second-order valence-corrected chi connectivity index (χ2v) is 3.89. The predicted molar refractivity (Wildman–Crippen MR) is 56.2 cm³/mol. The molecule has 0 bridgehead atoms. The quantitative estimate of drug-likeness (QED) is 0.648. The topological polar surface area (TPSA) is 29.5 Å². The fraction of sp³-hybridized carbons (Fsp3) is 0.727. The normalized spacial score (nSPS) is 27.4. The van der Waals surface area contributed by atoms with Gasteiger partial charge in [-0.2, -0.15) is 0 Å². The van der Waals surface area contributed by atoms with Crippen LogP contribution < -0.4 is 0 Å². The number of rotatable bonds is 4. The maximum Gasteiger partial charge on any atom is 0.410 e. The van der Waals surface area contributed by atoms with Gasteiger partial charge in [-0.1, -0.05) is 19.4 Å². The standard InChI is InChI=1S/C11H19NO2/c1-4-6-8-11(7-5-2)9-12(3)10(13)14-11/h5,7H,4,6,8-9H2,1-3H3/b7-5-. The molecule has 0 aromatic rings. The molecule has 1 atom stereocenters. The van der Waals surface area contributed by atoms with E-state index in [0.717, 1.165) is 19.3 Å². The molecule has 0 saturated carbocycles. The summed E-state index contributed by atoms with van der Waals surface area (Å²) in [5.74, 6) is 0. The van der Waals surface area contributed by atoms with E-state index in [9.17, 15) is 4.79 Å². The van der Waals surface area contributed by atoms with Crippen LogP contribution in [0.25, 0.3) is 0 Å². The number of likely N-dealkylation sites (N-methyl/N-ethyl adjacent to an activating group) is 1. The molecule has 80 valence electrons. The first-order chi connectivity index (χ1) is 6.63. The Morgan fingerprint density at radius 1 is 1.64 bits per heavy atom. The van der Waals surface area contributed by atoms with Gasteiger partial charge in [0, 0.05) is 7.05 Å². The van der Waals surface area contributed by atoms with Crippen LogP contribution in [0.3, 0.4) is 0 Å². The molecule has 1 aliphatic heterocycles. The van der Waals surface area contributed by atoms with Crippen LogP contribution in [0.2, 0.25) is 0 Å². The van der Waals surface area contributed by atoms with Crippen molar-refractivity contribution in [2.24, 2.45) is 0 Å². The van der Waals surface area contributed by atoms with Crippen molar-refractivity contribution in [1.82, 2.24) is 4.90 Å². The second kappa shape index (κ2) is 4.49. The number of hydrogen-bond acceptors (Lipinski definition) is 2. The van der Waals surface area contributed by atoms with E-state index >= 15 is 0 Å². The molecule has 3 nitrogen and oxygen atoms in total. The molecule has 1 saturated heterocycles. The van der Waals surface area contributed by atoms with Crippen LogP contribution in [-0.4, -0.2) is 30.2 Å². The average molecular weight is 197 g/mol. The third kappa shape index (κ3) is 2.28. The maximum absolute atomic E-state index is 11.3. The Bertz CT molecular complexity index is 237. The SMILES string of the molecule is C/C=C\C1(CCCC)CN(C)C(=O)O1. The zero-order valence-corrected chi connectivity index (χ0v) is 9.25. The van der Waals surface area contributed by atoms with E-state index in [1.807, 2.05) is 19.1 Å². The minimum Gasteiger partial charge on any atom is -0.437 e. The first-order valence-corrected chi connectivity index (χ1v) is 5.21. The Hall–Kier alpha value is -0.990. The van der Waals surface area contributed by atoms with Crippen LogP contribution in [0.5, 0.6) is 0 Å². The number of hydrogen-bond donors (Lipinski definition) is 0. The van der Waals surface area contributed by atoms with Crippen LogP contribution in [-0.2, 0) is 4.74 Å². The lowest BCUT2D eigenvalue weighted by Crippen LogP contribution is -2.31. The van der Waals surface area contributed by atoms with Crippen molar-refractivity contribution in [3.05, 3.63) is 12.2 Å². The molecule has 1 fully saturated rings. The maximum atomic E-state index is 11.3. The van der Waals surface area contributed by atoms with Crippen molar-refractivity contribution in [3.63, 3.8) is 0 Å². The highest BCUT2D eigenvalue weighted by molar-refractivity contribution is 5.70. The van der Waals surface area contributed by atoms with Gasteiger partial charge in [-0.15, -0.1) is 0 Å². The van der Waals surface area contributed by atoms with E-state index in [1.165, 1.54) is 0 Å². The molecule has 3 heteroatoms. The van der Waals surface area contributed by atoms with Crippen molar-refractivity contribution >= 4 is 6.09 Å². The highest BCUT2D eigenvalue weighted by Gasteiger charge is 2.40. The van der Waals surface area contributed by atoms with E-state index in [1.54, 1.807) is 11.9 Å². The molecular weight excluding hydrogens is 178 g/mol. The van der Waals surface area contributed by atoms with E-state index in [0.29, 0.717) is 6.54 Å². The van der Waals surface area contributed by atoms with Crippen molar-refractivity contribution in [1.29, 1.82) is 0 Å². The highest BCUT2D eigenvalue weighted by Crippen LogP contribution is 2.28. The van der Waals surface area contributed by atoms with Gasteiger partial charge in [-0.05, 0) is 25.8 Å². The molecule has 14 heavy (non-hydrogen) atoms. The molecule has 0 aromatic heterocycles. The Morgan fingerprint density at radius 2 is 2.36 bits per heavy atom. The van der Waals surface area contributed by atoms with Gasteiger partial charge in [0.25, 0.3) is 0 Å². The summed E-state index contributed by atoms with van der Waals surface area (Å²) in [6, 6.07) is 0. The summed E-state index contributed by atoms with van der Waals surface area (Å²) < 4.78 is 5.40. The molecule has 0 aromatic carbocycles. The smallest absolute Gasteiger partial charge is 0.410 e. The van der Waals surface area contributed by atoms with Gasteiger partial charge < -0.3 is 9.64 Å². The van der Waals surface area contributed by atoms with Crippen molar-refractivity contribution < 1.29 is 9.53 Å². The molecule has 0 radical (unpaired) electrons.